The van der Waals surface area contributed by atoms with Crippen molar-refractivity contribution in [1.82, 2.24) is 19.3 Å². The van der Waals surface area contributed by atoms with Gasteiger partial charge in [-0.2, -0.15) is 0 Å². The van der Waals surface area contributed by atoms with E-state index in [0.29, 0.717) is 17.9 Å². The van der Waals surface area contributed by atoms with Gasteiger partial charge in [-0.1, -0.05) is 0 Å². The first-order valence-corrected chi connectivity index (χ1v) is 6.96. The zero-order valence-corrected chi connectivity index (χ0v) is 12.2. The first-order chi connectivity index (χ1) is 10.6. The normalized spacial score (nSPS) is 10.8. The van der Waals surface area contributed by atoms with Crippen molar-refractivity contribution in [3.05, 3.63) is 60.3 Å². The Bertz CT molecular complexity index is 798. The summed E-state index contributed by atoms with van der Waals surface area (Å²) in [5.74, 6) is -0.113. The SMILES string of the molecule is CN(CCc1ccncc1)C(=O)c1cn2cccc(O)c2n1. The summed E-state index contributed by atoms with van der Waals surface area (Å²) in [4.78, 5) is 22.2. The highest BCUT2D eigenvalue weighted by molar-refractivity contribution is 5.93. The summed E-state index contributed by atoms with van der Waals surface area (Å²) in [5.41, 5.74) is 1.83. The van der Waals surface area contributed by atoms with Crippen molar-refractivity contribution in [3.8, 4) is 5.75 Å². The molecule has 0 unspecified atom stereocenters. The molecule has 0 aliphatic rings. The molecule has 3 aromatic rings. The molecule has 3 aromatic heterocycles. The van der Waals surface area contributed by atoms with E-state index in [0.717, 1.165) is 12.0 Å². The van der Waals surface area contributed by atoms with E-state index in [-0.39, 0.29) is 11.7 Å². The minimum absolute atomic E-state index is 0.0565. The Labute approximate surface area is 127 Å². The largest absolute Gasteiger partial charge is 0.504 e. The quantitative estimate of drug-likeness (QED) is 0.796. The summed E-state index contributed by atoms with van der Waals surface area (Å²) in [6.07, 6.45) is 7.60. The van der Waals surface area contributed by atoms with E-state index in [2.05, 4.69) is 9.97 Å². The fraction of sp³-hybridized carbons (Fsp3) is 0.188. The number of pyridine rings is 2. The van der Waals surface area contributed by atoms with Gasteiger partial charge in [0.2, 0.25) is 0 Å². The molecule has 0 fully saturated rings. The number of amides is 1. The van der Waals surface area contributed by atoms with E-state index in [1.54, 1.807) is 53.3 Å². The second-order valence-electron chi connectivity index (χ2n) is 5.08. The number of hydrogen-bond acceptors (Lipinski definition) is 4. The molecular formula is C16H16N4O2. The van der Waals surface area contributed by atoms with Gasteiger partial charge in [-0.15, -0.1) is 0 Å². The van der Waals surface area contributed by atoms with Crippen molar-refractivity contribution in [1.29, 1.82) is 0 Å². The summed E-state index contributed by atoms with van der Waals surface area (Å²) in [6, 6.07) is 7.11. The number of fused-ring (bicyclic) bond motifs is 1. The third-order valence-corrected chi connectivity index (χ3v) is 3.51. The van der Waals surface area contributed by atoms with Crippen LogP contribution in [0, 0.1) is 0 Å². The van der Waals surface area contributed by atoms with E-state index < -0.39 is 0 Å². The monoisotopic (exact) mass is 296 g/mol. The standard InChI is InChI=1S/C16H16N4O2/c1-19(10-6-12-4-7-17-8-5-12)16(22)13-11-20-9-2-3-14(21)15(20)18-13/h2-5,7-9,11,21H,6,10H2,1H3. The number of carbonyl (C=O) groups is 1. The third kappa shape index (κ3) is 2.76. The van der Waals surface area contributed by atoms with Gasteiger partial charge in [0, 0.05) is 38.4 Å². The fourth-order valence-electron chi connectivity index (χ4n) is 2.24. The molecule has 0 atom stereocenters. The summed E-state index contributed by atoms with van der Waals surface area (Å²) in [5, 5.41) is 9.74. The first-order valence-electron chi connectivity index (χ1n) is 6.96. The summed E-state index contributed by atoms with van der Waals surface area (Å²) < 4.78 is 1.64. The number of aromatic nitrogens is 3. The van der Waals surface area contributed by atoms with Gasteiger partial charge in [-0.05, 0) is 36.2 Å². The molecule has 6 heteroatoms. The Balaban J connectivity index is 1.73. The maximum absolute atomic E-state index is 12.4. The van der Waals surface area contributed by atoms with Crippen LogP contribution in [0.3, 0.4) is 0 Å². The van der Waals surface area contributed by atoms with Gasteiger partial charge in [0.15, 0.2) is 11.4 Å². The Hall–Kier alpha value is -2.89. The highest BCUT2D eigenvalue weighted by Crippen LogP contribution is 2.17. The van der Waals surface area contributed by atoms with E-state index in [4.69, 9.17) is 0 Å². The summed E-state index contributed by atoms with van der Waals surface area (Å²) >= 11 is 0. The molecule has 0 radical (unpaired) electrons. The van der Waals surface area contributed by atoms with E-state index >= 15 is 0 Å². The second kappa shape index (κ2) is 5.85. The van der Waals surface area contributed by atoms with Crippen LogP contribution >= 0.6 is 0 Å². The van der Waals surface area contributed by atoms with Crippen molar-refractivity contribution in [3.63, 3.8) is 0 Å². The van der Waals surface area contributed by atoms with E-state index in [1.807, 2.05) is 12.1 Å². The molecule has 0 saturated heterocycles. The van der Waals surface area contributed by atoms with Crippen LogP contribution in [0.4, 0.5) is 0 Å². The molecule has 0 spiro atoms. The highest BCUT2D eigenvalue weighted by Gasteiger charge is 2.16. The molecule has 0 aliphatic heterocycles. The molecule has 0 saturated carbocycles. The maximum atomic E-state index is 12.4. The molecule has 0 aromatic carbocycles. The van der Waals surface area contributed by atoms with Crippen LogP contribution in [0.5, 0.6) is 5.75 Å². The molecule has 1 N–H and O–H groups in total. The summed E-state index contributed by atoms with van der Waals surface area (Å²) in [7, 11) is 1.74. The van der Waals surface area contributed by atoms with Crippen molar-refractivity contribution in [2.24, 2.45) is 0 Å². The summed E-state index contributed by atoms with van der Waals surface area (Å²) in [6.45, 7) is 0.586. The lowest BCUT2D eigenvalue weighted by Gasteiger charge is -2.15. The first kappa shape index (κ1) is 14.1. The van der Waals surface area contributed by atoms with Crippen molar-refractivity contribution in [2.75, 3.05) is 13.6 Å². The number of hydrogen-bond donors (Lipinski definition) is 1. The topological polar surface area (TPSA) is 70.7 Å². The van der Waals surface area contributed by atoms with Crippen LogP contribution in [0.25, 0.3) is 5.65 Å². The van der Waals surface area contributed by atoms with Crippen LogP contribution in [-0.4, -0.2) is 43.9 Å². The number of aromatic hydroxyl groups is 1. The van der Waals surface area contributed by atoms with Crippen LogP contribution in [0.2, 0.25) is 0 Å². The lowest BCUT2D eigenvalue weighted by atomic mass is 10.2. The molecule has 0 aliphatic carbocycles. The van der Waals surface area contributed by atoms with Gasteiger partial charge in [0.25, 0.3) is 5.91 Å². The molecule has 3 heterocycles. The molecule has 6 nitrogen and oxygen atoms in total. The van der Waals surface area contributed by atoms with Gasteiger partial charge < -0.3 is 14.4 Å². The van der Waals surface area contributed by atoms with Crippen LogP contribution < -0.4 is 0 Å². The zero-order valence-electron chi connectivity index (χ0n) is 12.2. The van der Waals surface area contributed by atoms with Gasteiger partial charge in [0.1, 0.15) is 5.69 Å². The van der Waals surface area contributed by atoms with Crippen molar-refractivity contribution >= 4 is 11.6 Å². The highest BCUT2D eigenvalue weighted by atomic mass is 16.3. The molecule has 1 amide bonds. The minimum Gasteiger partial charge on any atom is -0.504 e. The van der Waals surface area contributed by atoms with E-state index in [9.17, 15) is 9.90 Å². The fourth-order valence-corrected chi connectivity index (χ4v) is 2.24. The van der Waals surface area contributed by atoms with Gasteiger partial charge in [-0.3, -0.25) is 9.78 Å². The van der Waals surface area contributed by atoms with Crippen molar-refractivity contribution < 1.29 is 9.90 Å². The molecule has 3 rings (SSSR count). The number of imidazole rings is 1. The average molecular weight is 296 g/mol. The minimum atomic E-state index is -0.169. The number of nitrogens with zero attached hydrogens (tertiary/aromatic N) is 4. The Kier molecular flexibility index (Phi) is 3.74. The predicted octanol–water partition coefficient (Wildman–Crippen LogP) is 1.75. The molecule has 22 heavy (non-hydrogen) atoms. The number of likely N-dealkylation sites (N-methyl/N-ethyl adjacent to an activating group) is 1. The second-order valence-corrected chi connectivity index (χ2v) is 5.08. The molecule has 112 valence electrons. The van der Waals surface area contributed by atoms with Crippen molar-refractivity contribution in [2.45, 2.75) is 6.42 Å². The van der Waals surface area contributed by atoms with Crippen LogP contribution in [0.1, 0.15) is 16.1 Å². The number of rotatable bonds is 4. The lowest BCUT2D eigenvalue weighted by Crippen LogP contribution is -2.29. The van der Waals surface area contributed by atoms with Gasteiger partial charge in [0.05, 0.1) is 0 Å². The van der Waals surface area contributed by atoms with Gasteiger partial charge in [-0.25, -0.2) is 4.98 Å². The zero-order chi connectivity index (χ0) is 15.5. The Morgan fingerprint density at radius 1 is 1.32 bits per heavy atom. The Morgan fingerprint density at radius 3 is 2.82 bits per heavy atom. The predicted molar refractivity (Wildman–Crippen MR) is 81.8 cm³/mol. The number of carbonyl (C=O) groups excluding carboxylic acids is 1. The maximum Gasteiger partial charge on any atom is 0.273 e. The molecular weight excluding hydrogens is 280 g/mol. The van der Waals surface area contributed by atoms with E-state index in [1.165, 1.54) is 0 Å². The van der Waals surface area contributed by atoms with Crippen LogP contribution in [0.15, 0.2) is 49.1 Å². The third-order valence-electron chi connectivity index (χ3n) is 3.51. The Morgan fingerprint density at radius 2 is 2.09 bits per heavy atom. The smallest absolute Gasteiger partial charge is 0.273 e. The average Bonchev–Trinajstić information content (AvgIpc) is 2.98. The van der Waals surface area contributed by atoms with Gasteiger partial charge >= 0.3 is 0 Å². The molecule has 0 bridgehead atoms. The van der Waals surface area contributed by atoms with Crippen LogP contribution in [-0.2, 0) is 6.42 Å². The lowest BCUT2D eigenvalue weighted by molar-refractivity contribution is 0.0791.